The number of hydrogen-bond donors (Lipinski definition) is 0. The molecule has 6 rings (SSSR count). The molecule has 0 N–H and O–H groups in total. The molecule has 0 saturated carbocycles. The fourth-order valence-corrected chi connectivity index (χ4v) is 7.19. The van der Waals surface area contributed by atoms with Crippen LogP contribution in [0.25, 0.3) is 11.1 Å². The van der Waals surface area contributed by atoms with Crippen LogP contribution < -0.4 is 0 Å². The van der Waals surface area contributed by atoms with Gasteiger partial charge in [0.15, 0.2) is 0 Å². The van der Waals surface area contributed by atoms with E-state index >= 15 is 0 Å². The minimum Gasteiger partial charge on any atom is -0.179 e. The molecule has 4 aromatic rings. The first-order chi connectivity index (χ1) is 19.3. The molecule has 0 fully saturated rings. The van der Waals surface area contributed by atoms with Crippen LogP contribution >= 0.6 is 48.0 Å². The Hall–Kier alpha value is -1.86. The maximum Gasteiger partial charge on any atom is -0.0253 e. The summed E-state index contributed by atoms with van der Waals surface area (Å²) in [7, 11) is 0. The number of halogens is 4. The van der Waals surface area contributed by atoms with Gasteiger partial charge in [-0.1, -0.05) is 74.9 Å². The SMILES string of the molecule is CC1=[C-]C(C)C=C1C(C)C.Cl.Cl.Clc1ccc([CH]=[Zr]=[CH]c2ccc(Cl)cc2)cc1.[c-]1cccc2c1Cc1ccccc1-2. The van der Waals surface area contributed by atoms with E-state index in [0.29, 0.717) is 11.8 Å². The molecule has 5 heteroatoms. The maximum atomic E-state index is 5.84. The Morgan fingerprint density at radius 1 is 0.786 bits per heavy atom. The van der Waals surface area contributed by atoms with E-state index in [1.807, 2.05) is 30.3 Å². The third kappa shape index (κ3) is 10.7. The summed E-state index contributed by atoms with van der Waals surface area (Å²) in [6, 6.07) is 34.0. The molecule has 0 heterocycles. The monoisotopic (exact) mass is 710 g/mol. The van der Waals surface area contributed by atoms with E-state index < -0.39 is 22.3 Å². The van der Waals surface area contributed by atoms with Crippen LogP contribution in [0.4, 0.5) is 0 Å². The van der Waals surface area contributed by atoms with Gasteiger partial charge in [0.2, 0.25) is 0 Å². The Labute approximate surface area is 285 Å². The molecule has 4 aromatic carbocycles. The molecular formula is C37H36Cl4Zr-2. The molecule has 42 heavy (non-hydrogen) atoms. The summed E-state index contributed by atoms with van der Waals surface area (Å²) in [5, 5.41) is 1.57. The number of hydrogen-bond acceptors (Lipinski definition) is 0. The Bertz CT molecular complexity index is 1470. The predicted molar refractivity (Wildman–Crippen MR) is 186 cm³/mol. The van der Waals surface area contributed by atoms with E-state index in [-0.39, 0.29) is 24.8 Å². The average molecular weight is 714 g/mol. The second kappa shape index (κ2) is 18.1. The first-order valence-corrected chi connectivity index (χ1v) is 17.2. The molecule has 0 bridgehead atoms. The van der Waals surface area contributed by atoms with Gasteiger partial charge in [0.05, 0.1) is 0 Å². The van der Waals surface area contributed by atoms with Crippen LogP contribution in [0.1, 0.15) is 49.9 Å². The van der Waals surface area contributed by atoms with E-state index in [0.717, 1.165) is 16.5 Å². The molecular weight excluding hydrogens is 677 g/mol. The van der Waals surface area contributed by atoms with Gasteiger partial charge in [0.25, 0.3) is 0 Å². The minimum atomic E-state index is -0.623. The Kier molecular flexibility index (Phi) is 15.6. The van der Waals surface area contributed by atoms with Crippen LogP contribution in [0.3, 0.4) is 0 Å². The van der Waals surface area contributed by atoms with Crippen molar-refractivity contribution in [3.05, 3.63) is 153 Å². The summed E-state index contributed by atoms with van der Waals surface area (Å²) in [6.45, 7) is 8.79. The Morgan fingerprint density at radius 2 is 1.33 bits per heavy atom. The standard InChI is InChI=1S/C13H9.C10H15.2C7H5Cl.2ClH.Zr/c1-3-7-12-10(5-1)9-11-6-2-4-8-13(11)12;1-7(2)10-6-8(3)5-9(10)4;2*1-6-2-4-7(8)5-3-6;;;/h1-5,7-8H,9H2;6-8H,1-4H3;2*1-5H;2*1H;/q2*-1;;;;;. The summed E-state index contributed by atoms with van der Waals surface area (Å²) in [4.78, 5) is 0. The van der Waals surface area contributed by atoms with Crippen molar-refractivity contribution in [3.8, 4) is 11.1 Å². The molecule has 2 aliphatic rings. The van der Waals surface area contributed by atoms with E-state index in [1.165, 1.54) is 44.5 Å². The van der Waals surface area contributed by atoms with Gasteiger partial charge >= 0.3 is 123 Å². The van der Waals surface area contributed by atoms with Crippen molar-refractivity contribution in [2.45, 2.75) is 34.1 Å². The number of benzene rings is 4. The van der Waals surface area contributed by atoms with E-state index in [1.54, 1.807) is 0 Å². The second-order valence-electron chi connectivity index (χ2n) is 10.3. The fourth-order valence-electron chi connectivity index (χ4n) is 4.84. The number of rotatable bonds is 3. The Balaban J connectivity index is 0.000000222. The zero-order valence-corrected chi connectivity index (χ0v) is 29.9. The topological polar surface area (TPSA) is 0 Å². The summed E-state index contributed by atoms with van der Waals surface area (Å²) in [6.07, 6.45) is 6.73. The van der Waals surface area contributed by atoms with Crippen molar-refractivity contribution in [2.24, 2.45) is 11.8 Å². The average Bonchev–Trinajstić information content (AvgIpc) is 3.50. The minimum absolute atomic E-state index is 0. The maximum absolute atomic E-state index is 5.84. The predicted octanol–water partition coefficient (Wildman–Crippen LogP) is 10.9. The Morgan fingerprint density at radius 3 is 1.83 bits per heavy atom. The second-order valence-corrected chi connectivity index (χ2v) is 13.4. The van der Waals surface area contributed by atoms with Crippen LogP contribution in [0.2, 0.25) is 10.0 Å². The van der Waals surface area contributed by atoms with Crippen molar-refractivity contribution in [1.82, 2.24) is 0 Å². The van der Waals surface area contributed by atoms with Crippen molar-refractivity contribution < 1.29 is 22.3 Å². The quantitative estimate of drug-likeness (QED) is 0.163. The summed E-state index contributed by atoms with van der Waals surface area (Å²) < 4.78 is 4.66. The summed E-state index contributed by atoms with van der Waals surface area (Å²) in [5.41, 5.74) is 10.9. The van der Waals surface area contributed by atoms with Gasteiger partial charge in [0.1, 0.15) is 0 Å². The van der Waals surface area contributed by atoms with Crippen LogP contribution in [-0.2, 0) is 28.7 Å². The van der Waals surface area contributed by atoms with Crippen molar-refractivity contribution in [3.63, 3.8) is 0 Å². The molecule has 0 saturated heterocycles. The van der Waals surface area contributed by atoms with Crippen molar-refractivity contribution >= 4 is 55.4 Å². The third-order valence-corrected chi connectivity index (χ3v) is 9.75. The zero-order chi connectivity index (χ0) is 28.5. The summed E-state index contributed by atoms with van der Waals surface area (Å²) in [5.74, 6) is 1.20. The molecule has 0 spiro atoms. The number of fused-ring (bicyclic) bond motifs is 3. The van der Waals surface area contributed by atoms with Crippen molar-refractivity contribution in [2.75, 3.05) is 0 Å². The molecule has 1 unspecified atom stereocenters. The van der Waals surface area contributed by atoms with E-state index in [2.05, 4.69) is 114 Å². The van der Waals surface area contributed by atoms with Gasteiger partial charge in [-0.15, -0.1) is 30.4 Å². The van der Waals surface area contributed by atoms with Gasteiger partial charge < -0.3 is 0 Å². The zero-order valence-electron chi connectivity index (χ0n) is 24.3. The van der Waals surface area contributed by atoms with E-state index in [9.17, 15) is 0 Å². The van der Waals surface area contributed by atoms with Gasteiger partial charge in [0, 0.05) is 0 Å². The third-order valence-electron chi connectivity index (χ3n) is 6.79. The van der Waals surface area contributed by atoms with Crippen LogP contribution in [0, 0.1) is 24.0 Å². The first kappa shape index (κ1) is 36.3. The molecule has 0 nitrogen and oxygen atoms in total. The van der Waals surface area contributed by atoms with E-state index in [4.69, 9.17) is 23.2 Å². The molecule has 0 radical (unpaired) electrons. The van der Waals surface area contributed by atoms with Crippen LogP contribution in [-0.4, -0.2) is 7.42 Å². The molecule has 0 aliphatic heterocycles. The van der Waals surface area contributed by atoms with Crippen LogP contribution in [0.15, 0.2) is 108 Å². The number of allylic oxidation sites excluding steroid dienone is 4. The van der Waals surface area contributed by atoms with Gasteiger partial charge in [-0.05, 0) is 6.42 Å². The van der Waals surface area contributed by atoms with Crippen LogP contribution in [0.5, 0.6) is 0 Å². The molecule has 0 aromatic heterocycles. The smallest absolute Gasteiger partial charge is 0.0253 e. The molecule has 1 atom stereocenters. The summed E-state index contributed by atoms with van der Waals surface area (Å²) >= 11 is 11.0. The first-order valence-electron chi connectivity index (χ1n) is 13.6. The molecule has 0 amide bonds. The molecule has 2 aliphatic carbocycles. The van der Waals surface area contributed by atoms with Crippen molar-refractivity contribution in [1.29, 1.82) is 0 Å². The van der Waals surface area contributed by atoms with Gasteiger partial charge in [-0.2, -0.15) is 41.5 Å². The largest absolute Gasteiger partial charge is 0.179 e. The van der Waals surface area contributed by atoms with Gasteiger partial charge in [-0.3, -0.25) is 6.08 Å². The normalized spacial score (nSPS) is 13.6. The molecule has 218 valence electrons. The van der Waals surface area contributed by atoms with Gasteiger partial charge in [-0.25, -0.2) is 5.57 Å². The fraction of sp³-hybridized carbons (Fsp3) is 0.189.